The van der Waals surface area contributed by atoms with Crippen LogP contribution >= 0.6 is 0 Å². The summed E-state index contributed by atoms with van der Waals surface area (Å²) in [5.74, 6) is -1.03. The SMILES string of the molecule is CCCC(=O)OC1CC(=O)C=C2CC[C@@H]3[C@H]([C@@H](O)C[C@@]4(C)[C@H]3CC[C@]4(O)C(=O)CO)[C@]21C.C[C@]12CCC(=O)C=C1CC[C@@H]1[C@@H]2[C@@H](O)C[C@@]2(C)[C@H]1CC[C@]2(O)C(=O)CO. The average molecular weight is 811 g/mol. The Kier molecular flexibility index (Phi) is 11.3. The molecule has 12 heteroatoms. The number of allylic oxidation sites excluding steroid dienone is 1. The molecule has 322 valence electrons. The molecule has 0 aliphatic heterocycles. The molecule has 0 radical (unpaired) electrons. The molecular formula is C46H66O12. The van der Waals surface area contributed by atoms with Crippen molar-refractivity contribution in [1.82, 2.24) is 0 Å². The van der Waals surface area contributed by atoms with Gasteiger partial charge in [0.2, 0.25) is 0 Å². The van der Waals surface area contributed by atoms with E-state index in [4.69, 9.17) is 4.74 Å². The fourth-order valence-electron chi connectivity index (χ4n) is 15.2. The van der Waals surface area contributed by atoms with Crippen molar-refractivity contribution >= 4 is 29.1 Å². The van der Waals surface area contributed by atoms with Gasteiger partial charge in [0.05, 0.1) is 12.2 Å². The molecule has 0 aromatic carbocycles. The molecule has 6 N–H and O–H groups in total. The molecule has 0 saturated heterocycles. The number of hydrogen-bond donors (Lipinski definition) is 6. The highest BCUT2D eigenvalue weighted by Crippen LogP contribution is 2.69. The molecule has 6 fully saturated rings. The first-order valence-corrected chi connectivity index (χ1v) is 22.0. The van der Waals surface area contributed by atoms with Crippen LogP contribution < -0.4 is 0 Å². The molecule has 8 aliphatic rings. The van der Waals surface area contributed by atoms with Gasteiger partial charge >= 0.3 is 5.97 Å². The number of carbonyl (C=O) groups excluding carboxylic acids is 5. The van der Waals surface area contributed by atoms with Gasteiger partial charge in [-0.2, -0.15) is 0 Å². The third kappa shape index (κ3) is 6.15. The third-order valence-corrected chi connectivity index (χ3v) is 18.1. The van der Waals surface area contributed by atoms with Crippen molar-refractivity contribution in [3.63, 3.8) is 0 Å². The average Bonchev–Trinajstić information content (AvgIpc) is 3.60. The van der Waals surface area contributed by atoms with E-state index >= 15 is 0 Å². The standard InChI is InChI=1S/C25H36O7.C21H30O5/c1-4-5-21(30)32-20-11-15(27)10-14-6-7-16-17-8-9-25(31,19(29)13-26)23(17,2)12-18(28)22(16)24(14,20)3;1-19-7-5-13(23)9-12(19)3-4-14-15-6-8-21(26,17(25)11-22)20(15,2)10-16(24)18(14)19/h10,16-18,20,22,26,28,31H,4-9,11-13H2,1-3H3;9,14-16,18,22,24,26H,3-8,10-11H2,1-2H3/t16-,17-,18-,20?,22+,23-,24+,25-;14-,15-,16-,18+,19-,20-,21-/m00/s1. The Morgan fingerprint density at radius 2 is 1.21 bits per heavy atom. The number of carbonyl (C=O) groups is 5. The largest absolute Gasteiger partial charge is 0.461 e. The fraction of sp³-hybridized carbons (Fsp3) is 0.804. The second kappa shape index (κ2) is 15.1. The minimum absolute atomic E-state index is 0.000559. The fourth-order valence-corrected chi connectivity index (χ4v) is 15.2. The van der Waals surface area contributed by atoms with Crippen molar-refractivity contribution in [3.8, 4) is 0 Å². The molecular weight excluding hydrogens is 744 g/mol. The number of aliphatic hydroxyl groups excluding tert-OH is 4. The molecule has 0 amide bonds. The van der Waals surface area contributed by atoms with E-state index < -0.39 is 70.5 Å². The Hall–Kier alpha value is -2.61. The molecule has 12 nitrogen and oxygen atoms in total. The van der Waals surface area contributed by atoms with Crippen molar-refractivity contribution in [2.24, 2.45) is 57.2 Å². The van der Waals surface area contributed by atoms with Gasteiger partial charge in [-0.25, -0.2) is 0 Å². The van der Waals surface area contributed by atoms with Gasteiger partial charge in [0.1, 0.15) is 30.5 Å². The summed E-state index contributed by atoms with van der Waals surface area (Å²) in [5, 5.41) is 64.0. The second-order valence-electron chi connectivity index (χ2n) is 20.4. The van der Waals surface area contributed by atoms with Crippen molar-refractivity contribution < 1.29 is 59.3 Å². The number of rotatable bonds is 7. The summed E-state index contributed by atoms with van der Waals surface area (Å²) in [7, 11) is 0. The highest BCUT2D eigenvalue weighted by Gasteiger charge is 2.70. The molecule has 8 aliphatic carbocycles. The lowest BCUT2D eigenvalue weighted by molar-refractivity contribution is -0.197. The Labute approximate surface area is 341 Å². The number of esters is 1. The van der Waals surface area contributed by atoms with E-state index in [0.29, 0.717) is 38.5 Å². The molecule has 1 unspecified atom stereocenters. The summed E-state index contributed by atoms with van der Waals surface area (Å²) < 4.78 is 5.86. The normalized spacial score (nSPS) is 47.7. The van der Waals surface area contributed by atoms with Crippen LogP contribution in [-0.2, 0) is 28.7 Å². The first-order chi connectivity index (χ1) is 27.2. The first-order valence-electron chi connectivity index (χ1n) is 22.0. The van der Waals surface area contributed by atoms with Crippen molar-refractivity contribution in [2.45, 2.75) is 160 Å². The topological polar surface area (TPSA) is 216 Å². The molecule has 15 atom stereocenters. The lowest BCUT2D eigenvalue weighted by atomic mass is 9.44. The number of hydrogen-bond acceptors (Lipinski definition) is 12. The van der Waals surface area contributed by atoms with Crippen LogP contribution in [0.1, 0.15) is 131 Å². The zero-order chi connectivity index (χ0) is 42.4. The molecule has 0 aromatic heterocycles. The Morgan fingerprint density at radius 1 is 0.707 bits per heavy atom. The van der Waals surface area contributed by atoms with Crippen LogP contribution in [0.15, 0.2) is 23.3 Å². The van der Waals surface area contributed by atoms with E-state index in [1.807, 2.05) is 27.7 Å². The van der Waals surface area contributed by atoms with E-state index in [2.05, 4.69) is 6.92 Å². The van der Waals surface area contributed by atoms with Crippen LogP contribution in [-0.4, -0.2) is 102 Å². The van der Waals surface area contributed by atoms with Crippen LogP contribution in [0.25, 0.3) is 0 Å². The molecule has 0 bridgehead atoms. The first kappa shape index (κ1) is 43.5. The van der Waals surface area contributed by atoms with Gasteiger partial charge in [-0.15, -0.1) is 0 Å². The summed E-state index contributed by atoms with van der Waals surface area (Å²) in [6, 6.07) is 0. The van der Waals surface area contributed by atoms with Crippen LogP contribution in [0.4, 0.5) is 0 Å². The molecule has 8 rings (SSSR count). The maximum atomic E-state index is 12.5. The highest BCUT2D eigenvalue weighted by atomic mass is 16.5. The van der Waals surface area contributed by atoms with E-state index in [-0.39, 0.29) is 84.1 Å². The van der Waals surface area contributed by atoms with E-state index in [9.17, 15) is 54.6 Å². The molecule has 6 saturated carbocycles. The maximum Gasteiger partial charge on any atom is 0.306 e. The lowest BCUT2D eigenvalue weighted by Crippen LogP contribution is -2.64. The van der Waals surface area contributed by atoms with Crippen LogP contribution in [0.2, 0.25) is 0 Å². The van der Waals surface area contributed by atoms with Gasteiger partial charge in [0.25, 0.3) is 0 Å². The third-order valence-electron chi connectivity index (χ3n) is 18.1. The van der Waals surface area contributed by atoms with E-state index in [1.165, 1.54) is 5.57 Å². The summed E-state index contributed by atoms with van der Waals surface area (Å²) >= 11 is 0. The number of fused-ring (bicyclic) bond motifs is 10. The van der Waals surface area contributed by atoms with Gasteiger partial charge in [0, 0.05) is 41.4 Å². The lowest BCUT2D eigenvalue weighted by Gasteiger charge is -2.61. The maximum absolute atomic E-state index is 12.5. The van der Waals surface area contributed by atoms with Gasteiger partial charge in [0.15, 0.2) is 23.1 Å². The summed E-state index contributed by atoms with van der Waals surface area (Å²) in [6.45, 7) is 8.52. The number of aliphatic hydroxyl groups is 6. The van der Waals surface area contributed by atoms with E-state index in [1.54, 1.807) is 12.2 Å². The Bertz CT molecular complexity index is 1790. The van der Waals surface area contributed by atoms with Crippen molar-refractivity contribution in [1.29, 1.82) is 0 Å². The second-order valence-corrected chi connectivity index (χ2v) is 20.4. The molecule has 58 heavy (non-hydrogen) atoms. The highest BCUT2D eigenvalue weighted by molar-refractivity contribution is 5.93. The van der Waals surface area contributed by atoms with Gasteiger partial charge in [-0.3, -0.25) is 24.0 Å². The monoisotopic (exact) mass is 810 g/mol. The number of ether oxygens (including phenoxy) is 1. The van der Waals surface area contributed by atoms with Crippen molar-refractivity contribution in [3.05, 3.63) is 23.3 Å². The predicted molar refractivity (Wildman–Crippen MR) is 210 cm³/mol. The quantitative estimate of drug-likeness (QED) is 0.202. The van der Waals surface area contributed by atoms with Gasteiger partial charge in [-0.1, -0.05) is 45.8 Å². The number of ketones is 4. The van der Waals surface area contributed by atoms with E-state index in [0.717, 1.165) is 37.7 Å². The zero-order valence-electron chi connectivity index (χ0n) is 35.0. The minimum atomic E-state index is -1.65. The summed E-state index contributed by atoms with van der Waals surface area (Å²) in [6.07, 6.45) is 9.57. The summed E-state index contributed by atoms with van der Waals surface area (Å²) in [4.78, 5) is 61.6. The van der Waals surface area contributed by atoms with Crippen molar-refractivity contribution in [2.75, 3.05) is 13.2 Å². The molecule has 0 aromatic rings. The van der Waals surface area contributed by atoms with Crippen LogP contribution in [0.5, 0.6) is 0 Å². The number of Topliss-reactive ketones (excluding diaryl/α,β-unsaturated/α-hetero) is 2. The van der Waals surface area contributed by atoms with Gasteiger partial charge in [-0.05, 0) is 124 Å². The van der Waals surface area contributed by atoms with Crippen LogP contribution in [0, 0.1) is 57.2 Å². The predicted octanol–water partition coefficient (Wildman–Crippen LogP) is 3.89. The Morgan fingerprint density at radius 3 is 1.74 bits per heavy atom. The minimum Gasteiger partial charge on any atom is -0.461 e. The van der Waals surface area contributed by atoms with Gasteiger partial charge < -0.3 is 35.4 Å². The molecule has 0 heterocycles. The smallest absolute Gasteiger partial charge is 0.306 e. The van der Waals surface area contributed by atoms with Crippen LogP contribution in [0.3, 0.4) is 0 Å². The summed E-state index contributed by atoms with van der Waals surface area (Å²) in [5.41, 5.74) is -3.44. The zero-order valence-corrected chi connectivity index (χ0v) is 35.0. The Balaban J connectivity index is 0.000000180. The molecule has 0 spiro atoms.